The highest BCUT2D eigenvalue weighted by molar-refractivity contribution is 9.10. The minimum atomic E-state index is -0.212. The van der Waals surface area contributed by atoms with Crippen LogP contribution in [0.25, 0.3) is 0 Å². The highest BCUT2D eigenvalue weighted by atomic mass is 79.9. The molecule has 5 nitrogen and oxygen atoms in total. The minimum absolute atomic E-state index is 0.212. The Balaban J connectivity index is 1.91. The van der Waals surface area contributed by atoms with Crippen LogP contribution in [0, 0.1) is 13.8 Å². The lowest BCUT2D eigenvalue weighted by molar-refractivity contribution is 0.207. The van der Waals surface area contributed by atoms with Crippen LogP contribution in [0.2, 0.25) is 0 Å². The van der Waals surface area contributed by atoms with Gasteiger partial charge >= 0.3 is 6.03 Å². The maximum absolute atomic E-state index is 12.4. The first-order valence-electron chi connectivity index (χ1n) is 7.96. The molecule has 0 radical (unpaired) electrons. The SMILES string of the molecule is COc1cc(Br)cc(C)c1NC(=O)N(C)CCOc1ccc(C)cc1. The van der Waals surface area contributed by atoms with Gasteiger partial charge in [0.1, 0.15) is 18.1 Å². The molecule has 0 aromatic heterocycles. The second-order valence-corrected chi connectivity index (χ2v) is 6.73. The molecule has 2 amide bonds. The summed E-state index contributed by atoms with van der Waals surface area (Å²) in [6.07, 6.45) is 0. The molecule has 0 aliphatic carbocycles. The zero-order chi connectivity index (χ0) is 18.4. The summed E-state index contributed by atoms with van der Waals surface area (Å²) >= 11 is 3.42. The van der Waals surface area contributed by atoms with Gasteiger partial charge in [-0.1, -0.05) is 33.6 Å². The Kier molecular flexibility index (Phi) is 6.70. The summed E-state index contributed by atoms with van der Waals surface area (Å²) in [5.41, 5.74) is 2.77. The average Bonchev–Trinajstić information content (AvgIpc) is 2.58. The lowest BCUT2D eigenvalue weighted by Crippen LogP contribution is -2.34. The molecule has 0 fully saturated rings. The zero-order valence-electron chi connectivity index (χ0n) is 14.9. The van der Waals surface area contributed by atoms with Gasteiger partial charge in [-0.3, -0.25) is 0 Å². The number of ether oxygens (including phenoxy) is 2. The van der Waals surface area contributed by atoms with E-state index in [4.69, 9.17) is 9.47 Å². The van der Waals surface area contributed by atoms with Crippen LogP contribution in [-0.4, -0.2) is 38.2 Å². The molecule has 2 aromatic carbocycles. The van der Waals surface area contributed by atoms with Crippen LogP contribution in [0.3, 0.4) is 0 Å². The Labute approximate surface area is 157 Å². The molecule has 0 atom stereocenters. The van der Waals surface area contributed by atoms with E-state index in [1.165, 1.54) is 5.56 Å². The Morgan fingerprint density at radius 3 is 2.52 bits per heavy atom. The largest absolute Gasteiger partial charge is 0.495 e. The molecule has 0 saturated heterocycles. The highest BCUT2D eigenvalue weighted by Gasteiger charge is 2.14. The van der Waals surface area contributed by atoms with Crippen molar-refractivity contribution in [3.63, 3.8) is 0 Å². The smallest absolute Gasteiger partial charge is 0.321 e. The summed E-state index contributed by atoms with van der Waals surface area (Å²) in [5.74, 6) is 1.41. The van der Waals surface area contributed by atoms with E-state index in [-0.39, 0.29) is 6.03 Å². The topological polar surface area (TPSA) is 50.8 Å². The molecule has 25 heavy (non-hydrogen) atoms. The van der Waals surface area contributed by atoms with Gasteiger partial charge in [0.2, 0.25) is 0 Å². The average molecular weight is 407 g/mol. The van der Waals surface area contributed by atoms with Gasteiger partial charge in [-0.25, -0.2) is 4.79 Å². The van der Waals surface area contributed by atoms with Crippen molar-refractivity contribution in [1.82, 2.24) is 4.90 Å². The molecule has 2 rings (SSSR count). The number of nitrogens with zero attached hydrogens (tertiary/aromatic N) is 1. The lowest BCUT2D eigenvalue weighted by atomic mass is 10.2. The van der Waals surface area contributed by atoms with Crippen molar-refractivity contribution in [2.45, 2.75) is 13.8 Å². The molecule has 2 aromatic rings. The number of carbonyl (C=O) groups is 1. The monoisotopic (exact) mass is 406 g/mol. The number of anilines is 1. The van der Waals surface area contributed by atoms with E-state index in [2.05, 4.69) is 21.2 Å². The number of halogens is 1. The molecule has 1 N–H and O–H groups in total. The second-order valence-electron chi connectivity index (χ2n) is 5.81. The molecule has 6 heteroatoms. The first-order valence-corrected chi connectivity index (χ1v) is 8.75. The first-order chi connectivity index (χ1) is 11.9. The first kappa shape index (κ1) is 19.1. The number of methoxy groups -OCH3 is 1. The third-order valence-electron chi connectivity index (χ3n) is 3.78. The van der Waals surface area contributed by atoms with Crippen LogP contribution in [0.5, 0.6) is 11.5 Å². The Bertz CT molecular complexity index is 732. The summed E-state index contributed by atoms with van der Waals surface area (Å²) in [6.45, 7) is 4.84. The zero-order valence-corrected chi connectivity index (χ0v) is 16.5. The van der Waals surface area contributed by atoms with Gasteiger partial charge < -0.3 is 19.7 Å². The maximum atomic E-state index is 12.4. The molecule has 0 heterocycles. The van der Waals surface area contributed by atoms with Crippen LogP contribution in [0.4, 0.5) is 10.5 Å². The Morgan fingerprint density at radius 2 is 1.88 bits per heavy atom. The third-order valence-corrected chi connectivity index (χ3v) is 4.24. The van der Waals surface area contributed by atoms with Gasteiger partial charge in [-0.2, -0.15) is 0 Å². The number of benzene rings is 2. The van der Waals surface area contributed by atoms with Crippen molar-refractivity contribution in [2.75, 3.05) is 32.6 Å². The molecule has 0 unspecified atom stereocenters. The van der Waals surface area contributed by atoms with Gasteiger partial charge in [-0.15, -0.1) is 0 Å². The highest BCUT2D eigenvalue weighted by Crippen LogP contribution is 2.32. The maximum Gasteiger partial charge on any atom is 0.321 e. The molecule has 134 valence electrons. The fraction of sp³-hybridized carbons (Fsp3) is 0.316. The molecule has 0 saturated carbocycles. The van der Waals surface area contributed by atoms with Crippen molar-refractivity contribution in [2.24, 2.45) is 0 Å². The second kappa shape index (κ2) is 8.76. The number of rotatable bonds is 6. The van der Waals surface area contributed by atoms with Crippen molar-refractivity contribution in [3.8, 4) is 11.5 Å². The molecule has 0 aliphatic rings. The number of nitrogens with one attached hydrogen (secondary N) is 1. The van der Waals surface area contributed by atoms with Crippen LogP contribution < -0.4 is 14.8 Å². The number of amides is 2. The summed E-state index contributed by atoms with van der Waals surface area (Å²) in [7, 11) is 3.31. The van der Waals surface area contributed by atoms with Gasteiger partial charge in [0.25, 0.3) is 0 Å². The quantitative estimate of drug-likeness (QED) is 0.761. The predicted molar refractivity (Wildman–Crippen MR) is 104 cm³/mol. The molecule has 0 aliphatic heterocycles. The molecule has 0 spiro atoms. The van der Waals surface area contributed by atoms with E-state index >= 15 is 0 Å². The van der Waals surface area contributed by atoms with Crippen LogP contribution in [-0.2, 0) is 0 Å². The minimum Gasteiger partial charge on any atom is -0.495 e. The van der Waals surface area contributed by atoms with Crippen LogP contribution in [0.1, 0.15) is 11.1 Å². The summed E-state index contributed by atoms with van der Waals surface area (Å²) < 4.78 is 11.9. The Hall–Kier alpha value is -2.21. The normalized spacial score (nSPS) is 10.3. The fourth-order valence-corrected chi connectivity index (χ4v) is 2.82. The third kappa shape index (κ3) is 5.39. The number of aryl methyl sites for hydroxylation is 2. The summed E-state index contributed by atoms with van der Waals surface area (Å²) in [5, 5.41) is 2.90. The Morgan fingerprint density at radius 1 is 1.20 bits per heavy atom. The van der Waals surface area contributed by atoms with Crippen molar-refractivity contribution in [1.29, 1.82) is 0 Å². The van der Waals surface area contributed by atoms with Crippen LogP contribution in [0.15, 0.2) is 40.9 Å². The standard InChI is InChI=1S/C19H23BrN2O3/c1-13-5-7-16(8-6-13)25-10-9-22(3)19(23)21-18-14(2)11-15(20)12-17(18)24-4/h5-8,11-12H,9-10H2,1-4H3,(H,21,23). The van der Waals surface area contributed by atoms with Crippen molar-refractivity contribution >= 4 is 27.6 Å². The predicted octanol–water partition coefficient (Wildman–Crippen LogP) is 4.62. The summed E-state index contributed by atoms with van der Waals surface area (Å²) in [6, 6.07) is 11.4. The van der Waals surface area contributed by atoms with E-state index in [1.807, 2.05) is 50.2 Å². The molecule has 0 bridgehead atoms. The van der Waals surface area contributed by atoms with E-state index in [9.17, 15) is 4.79 Å². The summed E-state index contributed by atoms with van der Waals surface area (Å²) in [4.78, 5) is 14.0. The van der Waals surface area contributed by atoms with E-state index in [0.29, 0.717) is 24.6 Å². The van der Waals surface area contributed by atoms with E-state index in [0.717, 1.165) is 15.8 Å². The van der Waals surface area contributed by atoms with Gasteiger partial charge in [-0.05, 0) is 43.7 Å². The fourth-order valence-electron chi connectivity index (χ4n) is 2.27. The van der Waals surface area contributed by atoms with Crippen LogP contribution >= 0.6 is 15.9 Å². The number of hydrogen-bond acceptors (Lipinski definition) is 3. The molecular formula is C19H23BrN2O3. The number of carbonyl (C=O) groups excluding carboxylic acids is 1. The van der Waals surface area contributed by atoms with Gasteiger partial charge in [0.05, 0.1) is 19.3 Å². The number of urea groups is 1. The van der Waals surface area contributed by atoms with Gasteiger partial charge in [0, 0.05) is 11.5 Å². The lowest BCUT2D eigenvalue weighted by Gasteiger charge is -2.20. The van der Waals surface area contributed by atoms with E-state index in [1.54, 1.807) is 19.1 Å². The van der Waals surface area contributed by atoms with Gasteiger partial charge in [0.15, 0.2) is 0 Å². The molecular weight excluding hydrogens is 384 g/mol. The number of likely N-dealkylation sites (N-methyl/N-ethyl adjacent to an activating group) is 1. The van der Waals surface area contributed by atoms with E-state index < -0.39 is 0 Å². The van der Waals surface area contributed by atoms with Crippen molar-refractivity contribution < 1.29 is 14.3 Å². The number of hydrogen-bond donors (Lipinski definition) is 1. The van der Waals surface area contributed by atoms with Crippen molar-refractivity contribution in [3.05, 3.63) is 52.0 Å².